The molecule has 1 unspecified atom stereocenters. The van der Waals surface area contributed by atoms with Gasteiger partial charge in [-0.1, -0.05) is 18.2 Å². The van der Waals surface area contributed by atoms with E-state index in [0.29, 0.717) is 24.9 Å². The van der Waals surface area contributed by atoms with E-state index in [-0.39, 0.29) is 29.9 Å². The standard InChI is InChI=1S/C21H32N4OS.HI/c1-2-22-21(23-13-6-9-20(26)24-18-10-11-18)25-14-12-17(15-25)16-27-19-7-4-3-5-8-19;/h3-5,7-8,17-18H,2,6,9-16H2,1H3,(H,22,23)(H,24,26);1H. The zero-order valence-electron chi connectivity index (χ0n) is 16.7. The van der Waals surface area contributed by atoms with Gasteiger partial charge in [0.05, 0.1) is 0 Å². The van der Waals surface area contributed by atoms with Crippen LogP contribution >= 0.6 is 35.7 Å². The third-order valence-corrected chi connectivity index (χ3v) is 6.16. The number of carbonyl (C=O) groups is 1. The second-order valence-electron chi connectivity index (χ2n) is 7.41. The van der Waals surface area contributed by atoms with Crippen LogP contribution in [-0.4, -0.2) is 54.7 Å². The maximum Gasteiger partial charge on any atom is 0.220 e. The van der Waals surface area contributed by atoms with E-state index in [2.05, 4.69) is 52.8 Å². The minimum Gasteiger partial charge on any atom is -0.357 e. The first-order chi connectivity index (χ1) is 13.2. The number of nitrogens with one attached hydrogen (secondary N) is 2. The van der Waals surface area contributed by atoms with Crippen molar-refractivity contribution in [2.75, 3.05) is 31.9 Å². The SMILES string of the molecule is CCNC(=NCCCC(=O)NC1CC1)N1CCC(CSc2ccccc2)C1.I. The fourth-order valence-corrected chi connectivity index (χ4v) is 4.32. The lowest BCUT2D eigenvalue weighted by Gasteiger charge is -2.21. The lowest BCUT2D eigenvalue weighted by molar-refractivity contribution is -0.121. The van der Waals surface area contributed by atoms with Gasteiger partial charge in [0.2, 0.25) is 5.91 Å². The first-order valence-corrected chi connectivity index (χ1v) is 11.2. The Labute approximate surface area is 190 Å². The van der Waals surface area contributed by atoms with Crippen molar-refractivity contribution in [3.05, 3.63) is 30.3 Å². The van der Waals surface area contributed by atoms with Crippen molar-refractivity contribution in [3.63, 3.8) is 0 Å². The van der Waals surface area contributed by atoms with Gasteiger partial charge in [0.15, 0.2) is 5.96 Å². The highest BCUT2D eigenvalue weighted by atomic mass is 127. The van der Waals surface area contributed by atoms with Gasteiger partial charge in [0.25, 0.3) is 0 Å². The van der Waals surface area contributed by atoms with Crippen LogP contribution in [0.2, 0.25) is 0 Å². The Morgan fingerprint density at radius 1 is 1.25 bits per heavy atom. The minimum absolute atomic E-state index is 0. The van der Waals surface area contributed by atoms with Gasteiger partial charge in [-0.05, 0) is 50.7 Å². The molecule has 0 aromatic heterocycles. The second kappa shape index (κ2) is 12.6. The summed E-state index contributed by atoms with van der Waals surface area (Å²) in [6.07, 6.45) is 4.90. The molecule has 1 aromatic carbocycles. The lowest BCUT2D eigenvalue weighted by Crippen LogP contribution is -2.40. The molecular weight excluding hydrogens is 483 g/mol. The van der Waals surface area contributed by atoms with Crippen molar-refractivity contribution in [1.29, 1.82) is 0 Å². The van der Waals surface area contributed by atoms with E-state index in [4.69, 9.17) is 4.99 Å². The zero-order chi connectivity index (χ0) is 18.9. The molecule has 2 aliphatic rings. The van der Waals surface area contributed by atoms with Gasteiger partial charge in [-0.2, -0.15) is 0 Å². The first-order valence-electron chi connectivity index (χ1n) is 10.2. The summed E-state index contributed by atoms with van der Waals surface area (Å²) in [4.78, 5) is 20.3. The molecule has 1 atom stereocenters. The number of benzene rings is 1. The summed E-state index contributed by atoms with van der Waals surface area (Å²) in [6, 6.07) is 11.1. The Morgan fingerprint density at radius 2 is 2.04 bits per heavy atom. The van der Waals surface area contributed by atoms with Gasteiger partial charge >= 0.3 is 0 Å². The molecule has 3 rings (SSSR count). The van der Waals surface area contributed by atoms with Crippen LogP contribution in [0.25, 0.3) is 0 Å². The van der Waals surface area contributed by atoms with Crippen molar-refractivity contribution in [2.45, 2.75) is 50.0 Å². The summed E-state index contributed by atoms with van der Waals surface area (Å²) < 4.78 is 0. The topological polar surface area (TPSA) is 56.7 Å². The van der Waals surface area contributed by atoms with Gasteiger partial charge in [-0.15, -0.1) is 35.7 Å². The number of amides is 1. The number of carbonyl (C=O) groups excluding carboxylic acids is 1. The predicted molar refractivity (Wildman–Crippen MR) is 129 cm³/mol. The average molecular weight is 516 g/mol. The maximum absolute atomic E-state index is 11.8. The molecule has 1 aliphatic carbocycles. The quantitative estimate of drug-likeness (QED) is 0.173. The van der Waals surface area contributed by atoms with E-state index in [1.165, 1.54) is 11.3 Å². The fourth-order valence-electron chi connectivity index (χ4n) is 3.27. The number of hydrogen-bond donors (Lipinski definition) is 2. The van der Waals surface area contributed by atoms with Gasteiger partial charge in [-0.3, -0.25) is 9.79 Å². The van der Waals surface area contributed by atoms with Crippen molar-refractivity contribution >= 4 is 47.6 Å². The molecule has 28 heavy (non-hydrogen) atoms. The van der Waals surface area contributed by atoms with Crippen molar-refractivity contribution in [3.8, 4) is 0 Å². The molecular formula is C21H33IN4OS. The zero-order valence-corrected chi connectivity index (χ0v) is 19.9. The van der Waals surface area contributed by atoms with Crippen LogP contribution < -0.4 is 10.6 Å². The molecule has 1 saturated carbocycles. The van der Waals surface area contributed by atoms with Gasteiger partial charge in [0.1, 0.15) is 0 Å². The molecule has 1 aliphatic heterocycles. The average Bonchev–Trinajstić information content (AvgIpc) is 3.37. The number of likely N-dealkylation sites (tertiary alicyclic amines) is 1. The smallest absolute Gasteiger partial charge is 0.220 e. The number of rotatable bonds is 9. The highest BCUT2D eigenvalue weighted by molar-refractivity contribution is 14.0. The van der Waals surface area contributed by atoms with E-state index < -0.39 is 0 Å². The van der Waals surface area contributed by atoms with Crippen LogP contribution in [0.15, 0.2) is 40.2 Å². The van der Waals surface area contributed by atoms with E-state index in [1.807, 2.05) is 11.8 Å². The molecule has 156 valence electrons. The van der Waals surface area contributed by atoms with Crippen LogP contribution in [0.1, 0.15) is 39.0 Å². The van der Waals surface area contributed by atoms with E-state index in [0.717, 1.165) is 50.6 Å². The third-order valence-electron chi connectivity index (χ3n) is 4.92. The van der Waals surface area contributed by atoms with E-state index >= 15 is 0 Å². The highest BCUT2D eigenvalue weighted by Gasteiger charge is 2.25. The molecule has 1 heterocycles. The highest BCUT2D eigenvalue weighted by Crippen LogP contribution is 2.25. The molecule has 0 spiro atoms. The Bertz CT molecular complexity index is 624. The van der Waals surface area contributed by atoms with Gasteiger partial charge < -0.3 is 15.5 Å². The van der Waals surface area contributed by atoms with Gasteiger partial charge in [-0.25, -0.2) is 0 Å². The Morgan fingerprint density at radius 3 is 2.75 bits per heavy atom. The van der Waals surface area contributed by atoms with Crippen molar-refractivity contribution in [1.82, 2.24) is 15.5 Å². The van der Waals surface area contributed by atoms with Crippen molar-refractivity contribution < 1.29 is 4.79 Å². The summed E-state index contributed by atoms with van der Waals surface area (Å²) in [5, 5.41) is 6.46. The van der Waals surface area contributed by atoms with Crippen LogP contribution in [-0.2, 0) is 4.79 Å². The molecule has 2 fully saturated rings. The summed E-state index contributed by atoms with van der Waals surface area (Å²) in [6.45, 7) is 5.82. The number of halogens is 1. The van der Waals surface area contributed by atoms with E-state index in [9.17, 15) is 4.79 Å². The number of thioether (sulfide) groups is 1. The monoisotopic (exact) mass is 516 g/mol. The largest absolute Gasteiger partial charge is 0.357 e. The fraction of sp³-hybridized carbons (Fsp3) is 0.619. The second-order valence-corrected chi connectivity index (χ2v) is 8.50. The molecule has 7 heteroatoms. The summed E-state index contributed by atoms with van der Waals surface area (Å²) in [5.74, 6) is 3.04. The number of nitrogens with zero attached hydrogens (tertiary/aromatic N) is 2. The van der Waals surface area contributed by atoms with Gasteiger partial charge in [0, 0.05) is 49.3 Å². The van der Waals surface area contributed by atoms with Crippen LogP contribution in [0.4, 0.5) is 0 Å². The van der Waals surface area contributed by atoms with Crippen molar-refractivity contribution in [2.24, 2.45) is 10.9 Å². The molecule has 0 radical (unpaired) electrons. The van der Waals surface area contributed by atoms with E-state index in [1.54, 1.807) is 0 Å². The molecule has 0 bridgehead atoms. The van der Waals surface area contributed by atoms with Crippen LogP contribution in [0.3, 0.4) is 0 Å². The third kappa shape index (κ3) is 8.19. The summed E-state index contributed by atoms with van der Waals surface area (Å²) >= 11 is 1.95. The number of hydrogen-bond acceptors (Lipinski definition) is 3. The van der Waals surface area contributed by atoms with Crippen LogP contribution in [0.5, 0.6) is 0 Å². The molecule has 1 aromatic rings. The molecule has 2 N–H and O–H groups in total. The summed E-state index contributed by atoms with van der Waals surface area (Å²) in [7, 11) is 0. The van der Waals surface area contributed by atoms with Crippen LogP contribution in [0, 0.1) is 5.92 Å². The molecule has 1 saturated heterocycles. The number of aliphatic imine (C=N–C) groups is 1. The Kier molecular flexibility index (Phi) is 10.5. The number of guanidine groups is 1. The first kappa shape index (κ1) is 23.3. The molecule has 5 nitrogen and oxygen atoms in total. The summed E-state index contributed by atoms with van der Waals surface area (Å²) in [5.41, 5.74) is 0. The normalized spacial score (nSPS) is 19.2. The Balaban J connectivity index is 0.00000280. The Hall–Kier alpha value is -0.960. The lowest BCUT2D eigenvalue weighted by atomic mass is 10.2. The molecule has 1 amide bonds. The minimum atomic E-state index is 0. The predicted octanol–water partition coefficient (Wildman–Crippen LogP) is 3.74. The maximum atomic E-state index is 11.8.